The highest BCUT2D eigenvalue weighted by Gasteiger charge is 2.36. The molecule has 0 amide bonds. The Kier molecular flexibility index (Phi) is 7.56. The number of allylic oxidation sites excluding steroid dienone is 2. The minimum absolute atomic E-state index is 0.00286. The van der Waals surface area contributed by atoms with Crippen LogP contribution in [0.3, 0.4) is 0 Å². The van der Waals surface area contributed by atoms with E-state index in [1.165, 1.54) is 24.3 Å². The zero-order chi connectivity index (χ0) is 37.5. The van der Waals surface area contributed by atoms with Crippen molar-refractivity contribution in [1.29, 1.82) is 15.8 Å². The molecule has 2 aliphatic rings. The molecular formula is C39H9F10N3. The minimum Gasteiger partial charge on any atom is -0.203 e. The molecule has 0 aromatic heterocycles. The van der Waals surface area contributed by atoms with Crippen LogP contribution in [-0.2, 0) is 0 Å². The number of terminal acetylenes is 1. The molecule has 0 spiro atoms. The predicted molar refractivity (Wildman–Crippen MR) is 165 cm³/mol. The number of benzene rings is 5. The van der Waals surface area contributed by atoms with E-state index in [-0.39, 0.29) is 61.2 Å². The van der Waals surface area contributed by atoms with E-state index in [4.69, 9.17) is 6.42 Å². The van der Waals surface area contributed by atoms with Crippen molar-refractivity contribution in [3.8, 4) is 75.1 Å². The molecule has 5 aromatic rings. The van der Waals surface area contributed by atoms with Gasteiger partial charge in [-0.2, -0.15) is 15.8 Å². The third-order valence-electron chi connectivity index (χ3n) is 8.83. The van der Waals surface area contributed by atoms with Crippen molar-refractivity contribution < 1.29 is 43.9 Å². The third-order valence-corrected chi connectivity index (χ3v) is 8.83. The van der Waals surface area contributed by atoms with Crippen LogP contribution < -0.4 is 0 Å². The average Bonchev–Trinajstić information content (AvgIpc) is 3.63. The fourth-order valence-electron chi connectivity index (χ4n) is 6.58. The summed E-state index contributed by atoms with van der Waals surface area (Å²) in [6, 6.07) is 15.0. The topological polar surface area (TPSA) is 71.4 Å². The normalized spacial score (nSPS) is 12.9. The molecule has 0 fully saturated rings. The molecule has 3 nitrogen and oxygen atoms in total. The average molecular weight is 710 g/mol. The van der Waals surface area contributed by atoms with E-state index >= 15 is 0 Å². The van der Waals surface area contributed by atoms with E-state index < -0.39 is 86.0 Å². The van der Waals surface area contributed by atoms with Crippen LogP contribution >= 0.6 is 0 Å². The number of rotatable bonds is 2. The monoisotopic (exact) mass is 709 g/mol. The van der Waals surface area contributed by atoms with Crippen molar-refractivity contribution in [1.82, 2.24) is 0 Å². The molecule has 5 aromatic carbocycles. The molecule has 7 rings (SSSR count). The van der Waals surface area contributed by atoms with Gasteiger partial charge in [-0.15, -0.1) is 6.42 Å². The molecule has 2 aliphatic carbocycles. The van der Waals surface area contributed by atoms with Crippen LogP contribution in [-0.4, -0.2) is 0 Å². The van der Waals surface area contributed by atoms with Gasteiger partial charge in [0.15, 0.2) is 46.5 Å². The van der Waals surface area contributed by atoms with Gasteiger partial charge >= 0.3 is 0 Å². The summed E-state index contributed by atoms with van der Waals surface area (Å²) in [6.45, 7) is 0. The lowest BCUT2D eigenvalue weighted by Gasteiger charge is -2.11. The summed E-state index contributed by atoms with van der Waals surface area (Å²) >= 11 is 0. The molecule has 0 unspecified atom stereocenters. The van der Waals surface area contributed by atoms with Gasteiger partial charge in [0, 0.05) is 11.1 Å². The first-order valence-corrected chi connectivity index (χ1v) is 14.5. The van der Waals surface area contributed by atoms with Crippen LogP contribution in [0.1, 0.15) is 22.3 Å². The lowest BCUT2D eigenvalue weighted by molar-refractivity contribution is 0.381. The van der Waals surface area contributed by atoms with E-state index in [1.807, 2.05) is 6.07 Å². The van der Waals surface area contributed by atoms with Gasteiger partial charge in [0.05, 0.1) is 11.1 Å². The van der Waals surface area contributed by atoms with E-state index in [9.17, 15) is 59.7 Å². The Morgan fingerprint density at radius 1 is 0.385 bits per heavy atom. The Balaban J connectivity index is 1.50. The van der Waals surface area contributed by atoms with Crippen molar-refractivity contribution in [3.05, 3.63) is 140 Å². The highest BCUT2D eigenvalue weighted by Crippen LogP contribution is 2.54. The molecule has 0 N–H and O–H groups in total. The molecule has 0 saturated heterocycles. The van der Waals surface area contributed by atoms with Crippen LogP contribution in [0.5, 0.6) is 0 Å². The van der Waals surface area contributed by atoms with Crippen LogP contribution in [0, 0.1) is 105 Å². The summed E-state index contributed by atoms with van der Waals surface area (Å²) < 4.78 is 144. The molecule has 0 radical (unpaired) electrons. The fourth-order valence-corrected chi connectivity index (χ4v) is 6.58. The highest BCUT2D eigenvalue weighted by molar-refractivity contribution is 6.11. The number of nitrogens with zero attached hydrogens (tertiary/aromatic N) is 3. The zero-order valence-electron chi connectivity index (χ0n) is 25.3. The first kappa shape index (κ1) is 33.4. The van der Waals surface area contributed by atoms with Crippen molar-refractivity contribution in [2.45, 2.75) is 0 Å². The minimum atomic E-state index is -2.37. The zero-order valence-corrected chi connectivity index (χ0v) is 25.3. The smallest absolute Gasteiger partial charge is 0.200 e. The molecule has 250 valence electrons. The number of hydrogen-bond acceptors (Lipinski definition) is 3. The summed E-state index contributed by atoms with van der Waals surface area (Å²) in [4.78, 5) is 0. The van der Waals surface area contributed by atoms with Crippen molar-refractivity contribution >= 4 is 11.1 Å². The van der Waals surface area contributed by atoms with E-state index in [0.29, 0.717) is 0 Å². The summed E-state index contributed by atoms with van der Waals surface area (Å²) in [5.41, 5.74) is -2.86. The number of fused-ring (bicyclic) bond motifs is 6. The molecule has 0 aliphatic heterocycles. The number of nitriles is 3. The summed E-state index contributed by atoms with van der Waals surface area (Å²) in [5, 5.41) is 29.7. The van der Waals surface area contributed by atoms with Crippen LogP contribution in [0.25, 0.3) is 55.7 Å². The molecule has 0 heterocycles. The molecular weight excluding hydrogens is 700 g/mol. The van der Waals surface area contributed by atoms with E-state index in [1.54, 1.807) is 12.1 Å². The summed E-state index contributed by atoms with van der Waals surface area (Å²) in [7, 11) is 0. The van der Waals surface area contributed by atoms with Crippen LogP contribution in [0.4, 0.5) is 43.9 Å². The van der Waals surface area contributed by atoms with E-state index in [2.05, 4.69) is 5.92 Å². The lowest BCUT2D eigenvalue weighted by atomic mass is 9.93. The maximum absolute atomic E-state index is 14.8. The Bertz CT molecular complexity index is 2510. The first-order chi connectivity index (χ1) is 24.8. The number of halogens is 10. The van der Waals surface area contributed by atoms with Gasteiger partial charge in [-0.25, -0.2) is 43.9 Å². The third kappa shape index (κ3) is 4.40. The van der Waals surface area contributed by atoms with Gasteiger partial charge < -0.3 is 0 Å². The molecule has 52 heavy (non-hydrogen) atoms. The fraction of sp³-hybridized carbons (Fsp3) is 0. The van der Waals surface area contributed by atoms with Gasteiger partial charge in [-0.3, -0.25) is 0 Å². The second-order valence-corrected chi connectivity index (χ2v) is 11.3. The SMILES string of the molecule is C#C/C(C#N)=C1/c2cc(-c3c(F)c(F)c(F)c(F)c3F)ccc2-c2cc3c(cc21)-c1ccc(-c2c(F)c(F)c(F)c(F)c2F)cc1C3=C(C#N)C#N. The lowest BCUT2D eigenvalue weighted by Crippen LogP contribution is -2.04. The molecule has 0 bridgehead atoms. The van der Waals surface area contributed by atoms with Crippen LogP contribution in [0.2, 0.25) is 0 Å². The van der Waals surface area contributed by atoms with Crippen molar-refractivity contribution in [2.24, 2.45) is 0 Å². The Morgan fingerprint density at radius 3 is 1.02 bits per heavy atom. The Morgan fingerprint density at radius 2 is 0.692 bits per heavy atom. The Labute approximate surface area is 285 Å². The quantitative estimate of drug-likeness (QED) is 0.0590. The van der Waals surface area contributed by atoms with Gasteiger partial charge in [-0.05, 0) is 79.9 Å². The summed E-state index contributed by atoms with van der Waals surface area (Å²) in [6.07, 6.45) is 5.64. The molecule has 0 saturated carbocycles. The standard InChI is InChI=1S/C39H9F10N3/c1-2-14(11-50)26-22-7-15(28-30(40)34(44)38(48)35(45)31(28)41)3-5-18(22)20-10-25-21(9-24(20)26)19-6-4-16(8-23(19)27(25)17(12-51)13-52)29-32(42)36(46)39(49)37(47)33(29)43/h1,3-10H/b26-14+. The predicted octanol–water partition coefficient (Wildman–Crippen LogP) is 10.2. The number of hydrogen-bond donors (Lipinski definition) is 0. The molecule has 0 atom stereocenters. The maximum atomic E-state index is 14.8. The van der Waals surface area contributed by atoms with Crippen LogP contribution in [0.15, 0.2) is 59.7 Å². The first-order valence-electron chi connectivity index (χ1n) is 14.5. The maximum Gasteiger partial charge on any atom is 0.200 e. The van der Waals surface area contributed by atoms with Gasteiger partial charge in [0.1, 0.15) is 29.4 Å². The van der Waals surface area contributed by atoms with E-state index in [0.717, 1.165) is 24.3 Å². The second-order valence-electron chi connectivity index (χ2n) is 11.3. The van der Waals surface area contributed by atoms with Crippen molar-refractivity contribution in [3.63, 3.8) is 0 Å². The Hall–Kier alpha value is -7.09. The van der Waals surface area contributed by atoms with Gasteiger partial charge in [-0.1, -0.05) is 30.2 Å². The van der Waals surface area contributed by atoms with Gasteiger partial charge in [0.2, 0.25) is 11.6 Å². The molecule has 13 heteroatoms. The van der Waals surface area contributed by atoms with Gasteiger partial charge in [0.25, 0.3) is 0 Å². The second kappa shape index (κ2) is 11.8. The highest BCUT2D eigenvalue weighted by atomic mass is 19.2. The largest absolute Gasteiger partial charge is 0.203 e. The summed E-state index contributed by atoms with van der Waals surface area (Å²) in [5.74, 6) is -19.7. The van der Waals surface area contributed by atoms with Crippen molar-refractivity contribution in [2.75, 3.05) is 0 Å².